The average Bonchev–Trinajstić information content (AvgIpc) is 2.41. The highest BCUT2D eigenvalue weighted by Crippen LogP contribution is 2.38. The van der Waals surface area contributed by atoms with Gasteiger partial charge < -0.3 is 5.73 Å². The molecule has 1 aromatic rings. The molecule has 1 heteroatoms. The van der Waals surface area contributed by atoms with E-state index >= 15 is 0 Å². The van der Waals surface area contributed by atoms with Crippen LogP contribution >= 0.6 is 0 Å². The molecule has 0 saturated heterocycles. The van der Waals surface area contributed by atoms with Gasteiger partial charge >= 0.3 is 0 Å². The topological polar surface area (TPSA) is 26.0 Å². The van der Waals surface area contributed by atoms with E-state index in [0.717, 1.165) is 13.0 Å². The maximum atomic E-state index is 6.04. The third-order valence-electron chi connectivity index (χ3n) is 4.36. The Kier molecular flexibility index (Phi) is 4.22. The highest BCUT2D eigenvalue weighted by Gasteiger charge is 2.30. The summed E-state index contributed by atoms with van der Waals surface area (Å²) in [5, 5.41) is 0. The lowest BCUT2D eigenvalue weighted by molar-refractivity contribution is 0.197. The fraction of sp³-hybridized carbons (Fsp3) is 0.625. The number of hydrogen-bond donors (Lipinski definition) is 1. The summed E-state index contributed by atoms with van der Waals surface area (Å²) in [5.41, 5.74) is 9.33. The summed E-state index contributed by atoms with van der Waals surface area (Å²) >= 11 is 0. The van der Waals surface area contributed by atoms with Crippen LogP contribution in [-0.4, -0.2) is 6.54 Å². The third-order valence-corrected chi connectivity index (χ3v) is 4.36. The molecule has 0 atom stereocenters. The standard InChI is InChI=1S/C16H25N/c1-2-14-6-8-15(9-7-14)12-16(13-17)10-4-3-5-11-16/h6-9H,2-5,10-13,17H2,1H3. The van der Waals surface area contributed by atoms with Crippen LogP contribution in [0.5, 0.6) is 0 Å². The monoisotopic (exact) mass is 231 g/mol. The lowest BCUT2D eigenvalue weighted by Crippen LogP contribution is -2.34. The first-order valence-corrected chi connectivity index (χ1v) is 7.06. The molecule has 0 radical (unpaired) electrons. The molecule has 1 nitrogen and oxygen atoms in total. The molecule has 2 N–H and O–H groups in total. The SMILES string of the molecule is CCc1ccc(CC2(CN)CCCCC2)cc1. The minimum atomic E-state index is 0.395. The van der Waals surface area contributed by atoms with Crippen LogP contribution < -0.4 is 5.73 Å². The summed E-state index contributed by atoms with van der Waals surface area (Å²) in [5.74, 6) is 0. The summed E-state index contributed by atoms with van der Waals surface area (Å²) in [4.78, 5) is 0. The molecule has 0 aromatic heterocycles. The maximum Gasteiger partial charge on any atom is -0.00173 e. The van der Waals surface area contributed by atoms with Crippen molar-refractivity contribution in [2.75, 3.05) is 6.54 Å². The van der Waals surface area contributed by atoms with E-state index in [-0.39, 0.29) is 0 Å². The van der Waals surface area contributed by atoms with Crippen molar-refractivity contribution in [3.05, 3.63) is 35.4 Å². The molecular weight excluding hydrogens is 206 g/mol. The molecule has 1 aliphatic rings. The van der Waals surface area contributed by atoms with Crippen LogP contribution in [-0.2, 0) is 12.8 Å². The minimum absolute atomic E-state index is 0.395. The summed E-state index contributed by atoms with van der Waals surface area (Å²) in [6.07, 6.45) is 9.07. The van der Waals surface area contributed by atoms with E-state index in [0.29, 0.717) is 5.41 Å². The number of nitrogens with two attached hydrogens (primary N) is 1. The zero-order valence-corrected chi connectivity index (χ0v) is 11.0. The summed E-state index contributed by atoms with van der Waals surface area (Å²) in [7, 11) is 0. The molecule has 94 valence electrons. The molecule has 1 fully saturated rings. The van der Waals surface area contributed by atoms with Crippen LogP contribution in [0.1, 0.15) is 50.2 Å². The van der Waals surface area contributed by atoms with Gasteiger partial charge in [0, 0.05) is 0 Å². The van der Waals surface area contributed by atoms with Gasteiger partial charge in [-0.25, -0.2) is 0 Å². The van der Waals surface area contributed by atoms with Crippen molar-refractivity contribution < 1.29 is 0 Å². The first-order chi connectivity index (χ1) is 8.28. The van der Waals surface area contributed by atoms with Crippen molar-refractivity contribution in [3.63, 3.8) is 0 Å². The van der Waals surface area contributed by atoms with E-state index in [1.807, 2.05) is 0 Å². The second-order valence-corrected chi connectivity index (χ2v) is 5.61. The molecule has 2 rings (SSSR count). The minimum Gasteiger partial charge on any atom is -0.330 e. The van der Waals surface area contributed by atoms with Crippen LogP contribution in [0.2, 0.25) is 0 Å². The van der Waals surface area contributed by atoms with Crippen molar-refractivity contribution >= 4 is 0 Å². The molecule has 0 heterocycles. The summed E-state index contributed by atoms with van der Waals surface area (Å²) in [6.45, 7) is 3.06. The Morgan fingerprint density at radius 3 is 2.12 bits per heavy atom. The van der Waals surface area contributed by atoms with E-state index in [9.17, 15) is 0 Å². The Morgan fingerprint density at radius 1 is 1.00 bits per heavy atom. The van der Waals surface area contributed by atoms with Gasteiger partial charge in [0.25, 0.3) is 0 Å². The Hall–Kier alpha value is -0.820. The van der Waals surface area contributed by atoms with Gasteiger partial charge in [0.15, 0.2) is 0 Å². The smallest absolute Gasteiger partial charge is 0.00173 e. The summed E-state index contributed by atoms with van der Waals surface area (Å²) < 4.78 is 0. The quantitative estimate of drug-likeness (QED) is 0.840. The van der Waals surface area contributed by atoms with Crippen LogP contribution in [0.25, 0.3) is 0 Å². The highest BCUT2D eigenvalue weighted by atomic mass is 14.6. The molecule has 0 unspecified atom stereocenters. The van der Waals surface area contributed by atoms with Gasteiger partial charge in [0.1, 0.15) is 0 Å². The first kappa shape index (κ1) is 12.6. The third kappa shape index (κ3) is 3.10. The molecule has 0 bridgehead atoms. The fourth-order valence-electron chi connectivity index (χ4n) is 3.08. The number of rotatable bonds is 4. The molecule has 17 heavy (non-hydrogen) atoms. The van der Waals surface area contributed by atoms with Gasteiger partial charge in [0.05, 0.1) is 0 Å². The second-order valence-electron chi connectivity index (χ2n) is 5.61. The van der Waals surface area contributed by atoms with Crippen LogP contribution in [0.3, 0.4) is 0 Å². The van der Waals surface area contributed by atoms with E-state index in [2.05, 4.69) is 31.2 Å². The largest absolute Gasteiger partial charge is 0.330 e. The molecule has 0 aliphatic heterocycles. The van der Waals surface area contributed by atoms with E-state index in [1.54, 1.807) is 0 Å². The molecular formula is C16H25N. The zero-order chi connectivity index (χ0) is 12.1. The number of benzene rings is 1. The maximum absolute atomic E-state index is 6.04. The number of hydrogen-bond acceptors (Lipinski definition) is 1. The Morgan fingerprint density at radius 2 is 1.59 bits per heavy atom. The van der Waals surface area contributed by atoms with Crippen molar-refractivity contribution in [2.24, 2.45) is 11.1 Å². The van der Waals surface area contributed by atoms with Crippen LogP contribution in [0.4, 0.5) is 0 Å². The van der Waals surface area contributed by atoms with Crippen molar-refractivity contribution in [2.45, 2.75) is 51.9 Å². The van der Waals surface area contributed by atoms with Crippen LogP contribution in [0.15, 0.2) is 24.3 Å². The van der Waals surface area contributed by atoms with E-state index in [4.69, 9.17) is 5.73 Å². The summed E-state index contributed by atoms with van der Waals surface area (Å²) in [6, 6.07) is 9.13. The Balaban J connectivity index is 2.06. The van der Waals surface area contributed by atoms with E-state index in [1.165, 1.54) is 49.7 Å². The Labute approximate surface area is 105 Å². The highest BCUT2D eigenvalue weighted by molar-refractivity contribution is 5.23. The van der Waals surface area contributed by atoms with Gasteiger partial charge in [-0.05, 0) is 48.8 Å². The molecule has 0 amide bonds. The van der Waals surface area contributed by atoms with Crippen molar-refractivity contribution in [3.8, 4) is 0 Å². The normalized spacial score (nSPS) is 19.2. The molecule has 1 saturated carbocycles. The van der Waals surface area contributed by atoms with Crippen molar-refractivity contribution in [1.82, 2.24) is 0 Å². The van der Waals surface area contributed by atoms with Gasteiger partial charge in [-0.1, -0.05) is 50.5 Å². The predicted molar refractivity (Wildman–Crippen MR) is 74.1 cm³/mol. The zero-order valence-electron chi connectivity index (χ0n) is 11.0. The first-order valence-electron chi connectivity index (χ1n) is 7.06. The lowest BCUT2D eigenvalue weighted by Gasteiger charge is -2.36. The van der Waals surface area contributed by atoms with Crippen LogP contribution in [0, 0.1) is 5.41 Å². The Bertz CT molecular complexity index is 333. The fourth-order valence-corrected chi connectivity index (χ4v) is 3.08. The number of aryl methyl sites for hydroxylation is 1. The second kappa shape index (κ2) is 5.68. The molecule has 0 spiro atoms. The lowest BCUT2D eigenvalue weighted by atomic mass is 9.70. The van der Waals surface area contributed by atoms with Gasteiger partial charge in [-0.3, -0.25) is 0 Å². The average molecular weight is 231 g/mol. The van der Waals surface area contributed by atoms with Gasteiger partial charge in [-0.15, -0.1) is 0 Å². The predicted octanol–water partition coefficient (Wildman–Crippen LogP) is 3.70. The molecule has 1 aromatic carbocycles. The van der Waals surface area contributed by atoms with Crippen molar-refractivity contribution in [1.29, 1.82) is 0 Å². The molecule has 1 aliphatic carbocycles. The van der Waals surface area contributed by atoms with Gasteiger partial charge in [0.2, 0.25) is 0 Å². The van der Waals surface area contributed by atoms with E-state index < -0.39 is 0 Å². The van der Waals surface area contributed by atoms with Gasteiger partial charge in [-0.2, -0.15) is 0 Å².